The van der Waals surface area contributed by atoms with Crippen molar-refractivity contribution in [1.29, 1.82) is 0 Å². The van der Waals surface area contributed by atoms with Crippen LogP contribution in [-0.2, 0) is 4.79 Å². The molecule has 1 atom stereocenters. The van der Waals surface area contributed by atoms with Crippen molar-refractivity contribution in [3.05, 3.63) is 54.1 Å². The Kier molecular flexibility index (Phi) is 11.2. The predicted molar refractivity (Wildman–Crippen MR) is 98.3 cm³/mol. The minimum absolute atomic E-state index is 0. The minimum atomic E-state index is -1.40. The van der Waals surface area contributed by atoms with Crippen molar-refractivity contribution in [3.8, 4) is 0 Å². The number of nitrogens with two attached hydrogens (primary N) is 1. The fraction of sp³-hybridized carbons (Fsp3) is 0.222. The molecule has 0 radical (unpaired) electrons. The summed E-state index contributed by atoms with van der Waals surface area (Å²) in [7, 11) is 0. The van der Waals surface area contributed by atoms with Gasteiger partial charge in [-0.3, -0.25) is 4.79 Å². The number of hydrogen-bond acceptors (Lipinski definition) is 6. The Morgan fingerprint density at radius 3 is 2.33 bits per heavy atom. The van der Waals surface area contributed by atoms with Gasteiger partial charge in [0.2, 0.25) is 5.91 Å². The number of aromatic nitrogens is 3. The quantitative estimate of drug-likeness (QED) is 0.468. The first kappa shape index (κ1) is 25.4. The van der Waals surface area contributed by atoms with E-state index in [0.717, 1.165) is 6.33 Å². The van der Waals surface area contributed by atoms with Crippen molar-refractivity contribution in [3.63, 3.8) is 0 Å². The molecule has 2 heterocycles. The normalized spacial score (nSPS) is 10.5. The Bertz CT molecular complexity index is 881. The molecule has 0 spiro atoms. The second-order valence-corrected chi connectivity index (χ2v) is 5.32. The number of carboxylic acids is 1. The van der Waals surface area contributed by atoms with E-state index in [0.29, 0.717) is 11.2 Å². The van der Waals surface area contributed by atoms with Crippen LogP contribution in [0, 0.1) is 0 Å². The third-order valence-corrected chi connectivity index (χ3v) is 3.29. The van der Waals surface area contributed by atoms with Gasteiger partial charge >= 0.3 is 51.4 Å². The van der Waals surface area contributed by atoms with Gasteiger partial charge in [-0.05, 0) is 12.5 Å². The maximum Gasteiger partial charge on any atom is 1.00 e. The van der Waals surface area contributed by atoms with Crippen molar-refractivity contribution < 1.29 is 66.1 Å². The molecular weight excluding hydrogens is 373 g/mol. The number of carbonyl (C=O) groups excluding carboxylic acids is 2. The van der Waals surface area contributed by atoms with Gasteiger partial charge in [-0.25, -0.2) is 9.97 Å². The molecule has 2 aromatic heterocycles. The third kappa shape index (κ3) is 7.13. The molecule has 0 unspecified atom stereocenters. The van der Waals surface area contributed by atoms with E-state index in [9.17, 15) is 14.7 Å². The van der Waals surface area contributed by atoms with Crippen LogP contribution in [0.1, 0.15) is 43.4 Å². The monoisotopic (exact) mass is 395 g/mol. The first-order valence-electron chi connectivity index (χ1n) is 7.51. The molecular formula is C18H22KN5O3. The number of H-pyrrole nitrogens is 1. The van der Waals surface area contributed by atoms with Gasteiger partial charge in [0, 0.05) is 19.2 Å². The number of anilines is 1. The SMILES string of the molecule is C.CC(=O)Nc1c[nH]c2c(C(=O)[O-])ncnc12.C[C@@H](N)c1ccccc1.[K+]. The van der Waals surface area contributed by atoms with Crippen molar-refractivity contribution in [2.75, 3.05) is 5.32 Å². The number of hydrogen-bond donors (Lipinski definition) is 3. The van der Waals surface area contributed by atoms with Gasteiger partial charge in [0.1, 0.15) is 17.5 Å². The molecule has 4 N–H and O–H groups in total. The smallest absolute Gasteiger partial charge is 0.543 e. The summed E-state index contributed by atoms with van der Waals surface area (Å²) in [5, 5.41) is 13.3. The summed E-state index contributed by atoms with van der Waals surface area (Å²) in [5.74, 6) is -1.67. The van der Waals surface area contributed by atoms with E-state index < -0.39 is 5.97 Å². The van der Waals surface area contributed by atoms with Crippen molar-refractivity contribution in [1.82, 2.24) is 15.0 Å². The Hall–Kier alpha value is -1.62. The number of carbonyl (C=O) groups is 2. The van der Waals surface area contributed by atoms with Crippen LogP contribution in [-0.4, -0.2) is 26.8 Å². The summed E-state index contributed by atoms with van der Waals surface area (Å²) in [4.78, 5) is 31.8. The van der Waals surface area contributed by atoms with Gasteiger partial charge in [0.05, 0.1) is 17.2 Å². The van der Waals surface area contributed by atoms with E-state index in [1.165, 1.54) is 18.7 Å². The van der Waals surface area contributed by atoms with E-state index in [-0.39, 0.29) is 82.0 Å². The van der Waals surface area contributed by atoms with E-state index >= 15 is 0 Å². The number of nitrogens with one attached hydrogen (secondary N) is 2. The molecule has 3 aromatic rings. The Morgan fingerprint density at radius 2 is 1.85 bits per heavy atom. The average molecular weight is 396 g/mol. The Labute approximate surface area is 200 Å². The van der Waals surface area contributed by atoms with E-state index in [4.69, 9.17) is 5.73 Å². The van der Waals surface area contributed by atoms with Crippen LogP contribution in [0.3, 0.4) is 0 Å². The number of benzene rings is 1. The van der Waals surface area contributed by atoms with Crippen LogP contribution in [0.2, 0.25) is 0 Å². The van der Waals surface area contributed by atoms with Crippen molar-refractivity contribution >= 4 is 28.6 Å². The third-order valence-electron chi connectivity index (χ3n) is 3.29. The maximum atomic E-state index is 10.9. The molecule has 8 nitrogen and oxygen atoms in total. The summed E-state index contributed by atoms with van der Waals surface area (Å²) in [5.41, 5.74) is 7.55. The van der Waals surface area contributed by atoms with Crippen LogP contribution in [0.5, 0.6) is 0 Å². The molecule has 3 rings (SSSR count). The van der Waals surface area contributed by atoms with E-state index in [1.54, 1.807) is 0 Å². The number of nitrogens with zero attached hydrogens (tertiary/aromatic N) is 2. The fourth-order valence-corrected chi connectivity index (χ4v) is 2.14. The minimum Gasteiger partial charge on any atom is -0.543 e. The zero-order valence-corrected chi connectivity index (χ0v) is 17.9. The average Bonchev–Trinajstić information content (AvgIpc) is 2.98. The van der Waals surface area contributed by atoms with Crippen molar-refractivity contribution in [2.45, 2.75) is 27.3 Å². The van der Waals surface area contributed by atoms with Gasteiger partial charge in [-0.1, -0.05) is 37.8 Å². The van der Waals surface area contributed by atoms with Gasteiger partial charge < -0.3 is 25.9 Å². The molecule has 1 amide bonds. The predicted octanol–water partition coefficient (Wildman–Crippen LogP) is -1.37. The number of rotatable bonds is 3. The van der Waals surface area contributed by atoms with Gasteiger partial charge in [-0.15, -0.1) is 0 Å². The number of carboxylic acid groups (broad SMARTS) is 1. The molecule has 9 heteroatoms. The van der Waals surface area contributed by atoms with Crippen LogP contribution >= 0.6 is 0 Å². The first-order chi connectivity index (χ1) is 11.9. The zero-order valence-electron chi connectivity index (χ0n) is 14.8. The number of aromatic amines is 1. The molecule has 27 heavy (non-hydrogen) atoms. The molecule has 0 fully saturated rings. The second-order valence-electron chi connectivity index (χ2n) is 5.32. The number of aromatic carboxylic acids is 1. The van der Waals surface area contributed by atoms with Crippen LogP contribution < -0.4 is 67.5 Å². The summed E-state index contributed by atoms with van der Waals surface area (Å²) in [6.07, 6.45) is 2.56. The molecule has 0 aliphatic heterocycles. The molecule has 138 valence electrons. The molecule has 0 saturated heterocycles. The number of amides is 1. The molecule has 0 aliphatic rings. The van der Waals surface area contributed by atoms with E-state index in [1.807, 2.05) is 37.3 Å². The summed E-state index contributed by atoms with van der Waals surface area (Å²) in [6, 6.07) is 10.2. The first-order valence-corrected chi connectivity index (χ1v) is 7.51. The second kappa shape index (κ2) is 12.0. The van der Waals surface area contributed by atoms with Crippen LogP contribution in [0.4, 0.5) is 5.69 Å². The van der Waals surface area contributed by atoms with Crippen LogP contribution in [0.15, 0.2) is 42.9 Å². The molecule has 1 aromatic carbocycles. The Morgan fingerprint density at radius 1 is 1.22 bits per heavy atom. The summed E-state index contributed by atoms with van der Waals surface area (Å²) < 4.78 is 0. The number of fused-ring (bicyclic) bond motifs is 1. The van der Waals surface area contributed by atoms with Crippen LogP contribution in [0.25, 0.3) is 11.0 Å². The standard InChI is InChI=1S/C9H8N4O3.C8H11N.CH4.K/c1-4(14)13-5-2-10-7-6(5)11-3-12-8(7)9(15)16;1-7(9)8-5-3-2-4-6-8;;/h2-3,10H,1H3,(H,13,14)(H,15,16);2-7H,9H2,1H3;1H4;/q;;;+1/p-1/t;7-;;/m.1../s1. The summed E-state index contributed by atoms with van der Waals surface area (Å²) >= 11 is 0. The molecule has 0 bridgehead atoms. The zero-order chi connectivity index (χ0) is 18.4. The molecule has 0 saturated carbocycles. The maximum absolute atomic E-state index is 10.9. The van der Waals surface area contributed by atoms with Gasteiger partial charge in [-0.2, -0.15) is 0 Å². The summed E-state index contributed by atoms with van der Waals surface area (Å²) in [6.45, 7) is 3.33. The fourth-order valence-electron chi connectivity index (χ4n) is 2.14. The largest absolute Gasteiger partial charge is 1.00 e. The molecule has 0 aliphatic carbocycles. The van der Waals surface area contributed by atoms with Gasteiger partial charge in [0.15, 0.2) is 0 Å². The van der Waals surface area contributed by atoms with Gasteiger partial charge in [0.25, 0.3) is 0 Å². The van der Waals surface area contributed by atoms with Crippen molar-refractivity contribution in [2.24, 2.45) is 5.73 Å². The Balaban J connectivity index is 0.000000532. The van der Waals surface area contributed by atoms with E-state index in [2.05, 4.69) is 20.3 Å². The topological polar surface area (TPSA) is 137 Å².